The smallest absolute Gasteiger partial charge is 0.305 e. The Labute approximate surface area is 136 Å². The summed E-state index contributed by atoms with van der Waals surface area (Å²) >= 11 is 3.30. The number of benzene rings is 1. The lowest BCUT2D eigenvalue weighted by atomic mass is 9.75. The average Bonchev–Trinajstić information content (AvgIpc) is 3.19. The quantitative estimate of drug-likeness (QED) is 0.836. The molecule has 2 aromatic rings. The maximum Gasteiger partial charge on any atom is 0.305 e. The van der Waals surface area contributed by atoms with Gasteiger partial charge in [0, 0.05) is 16.0 Å². The lowest BCUT2D eigenvalue weighted by Crippen LogP contribution is -2.33. The topological polar surface area (TPSA) is 53.1 Å². The lowest BCUT2D eigenvalue weighted by Gasteiger charge is -2.40. The van der Waals surface area contributed by atoms with Crippen molar-refractivity contribution in [3.8, 4) is 5.75 Å². The van der Waals surface area contributed by atoms with Gasteiger partial charge in [-0.1, -0.05) is 23.5 Å². The van der Waals surface area contributed by atoms with Crippen LogP contribution in [-0.2, 0) is 0 Å². The molecule has 2 fully saturated rings. The molecule has 3 nitrogen and oxygen atoms in total. The number of fused-ring (bicyclic) bond motifs is 6. The minimum atomic E-state index is 0.0635. The largest absolute Gasteiger partial charge is 0.508 e. The zero-order chi connectivity index (χ0) is 14.8. The molecule has 2 bridgehead atoms. The molecule has 2 saturated carbocycles. The van der Waals surface area contributed by atoms with E-state index in [2.05, 4.69) is 4.98 Å². The highest BCUT2D eigenvalue weighted by Crippen LogP contribution is 2.63. The molecular formula is C17H17NO2S2. The van der Waals surface area contributed by atoms with Gasteiger partial charge in [-0.3, -0.25) is 4.79 Å². The van der Waals surface area contributed by atoms with E-state index in [4.69, 9.17) is 0 Å². The van der Waals surface area contributed by atoms with Gasteiger partial charge < -0.3 is 10.1 Å². The molecule has 1 aromatic heterocycles. The van der Waals surface area contributed by atoms with Crippen LogP contribution in [-0.4, -0.2) is 15.3 Å². The molecule has 2 aliphatic carbocycles. The minimum absolute atomic E-state index is 0.0635. The van der Waals surface area contributed by atoms with Crippen LogP contribution in [0.3, 0.4) is 0 Å². The van der Waals surface area contributed by atoms with Crippen molar-refractivity contribution in [1.29, 1.82) is 0 Å². The van der Waals surface area contributed by atoms with Gasteiger partial charge >= 0.3 is 4.87 Å². The van der Waals surface area contributed by atoms with Crippen LogP contribution < -0.4 is 4.87 Å². The molecular weight excluding hydrogens is 314 g/mol. The summed E-state index contributed by atoms with van der Waals surface area (Å²) in [6, 6.07) is 7.61. The zero-order valence-electron chi connectivity index (χ0n) is 12.0. The molecule has 0 radical (unpaired) electrons. The SMILES string of the molecule is O=c1[nH]c2c(s1)[C@@H](c1ccc(O)cc1)[C@H]1[C@@H]3CC[C@H](C3)[C@H]1S2. The summed E-state index contributed by atoms with van der Waals surface area (Å²) in [4.78, 5) is 16.2. The number of hydrogen-bond donors (Lipinski definition) is 2. The molecule has 0 unspecified atom stereocenters. The maximum absolute atomic E-state index is 11.9. The van der Waals surface area contributed by atoms with Crippen molar-refractivity contribution >= 4 is 23.1 Å². The van der Waals surface area contributed by atoms with E-state index < -0.39 is 0 Å². The summed E-state index contributed by atoms with van der Waals surface area (Å²) in [5.41, 5.74) is 1.25. The van der Waals surface area contributed by atoms with Gasteiger partial charge in [0.25, 0.3) is 0 Å². The van der Waals surface area contributed by atoms with Crippen LogP contribution in [0.4, 0.5) is 0 Å². The number of aromatic hydroxyl groups is 1. The van der Waals surface area contributed by atoms with Gasteiger partial charge in [-0.05, 0) is 54.7 Å². The molecule has 5 atom stereocenters. The van der Waals surface area contributed by atoms with Gasteiger partial charge in [0.1, 0.15) is 5.75 Å². The van der Waals surface area contributed by atoms with E-state index in [1.54, 1.807) is 12.1 Å². The Morgan fingerprint density at radius 2 is 1.91 bits per heavy atom. The summed E-state index contributed by atoms with van der Waals surface area (Å²) in [6.45, 7) is 0. The number of hydrogen-bond acceptors (Lipinski definition) is 4. The number of phenolic OH excluding ortho intramolecular Hbond substituents is 1. The predicted octanol–water partition coefficient (Wildman–Crippen LogP) is 3.79. The number of thiazole rings is 1. The first kappa shape index (κ1) is 13.3. The van der Waals surface area contributed by atoms with E-state index in [0.717, 1.165) is 16.9 Å². The normalized spacial score (nSPS) is 35.4. The number of aromatic amines is 1. The van der Waals surface area contributed by atoms with E-state index in [1.807, 2.05) is 23.9 Å². The van der Waals surface area contributed by atoms with Gasteiger partial charge in [-0.2, -0.15) is 0 Å². The third kappa shape index (κ3) is 1.78. The monoisotopic (exact) mass is 331 g/mol. The molecule has 0 saturated heterocycles. The standard InChI is InChI=1S/C17H17NO2S2/c19-11-5-3-8(4-6-11)12-13-9-1-2-10(7-9)14(13)21-16-15(12)22-17(20)18-16/h3-6,9-10,12-14,19H,1-2,7H2,(H,18,20)/t9-,10-,12+,13-,14-/m1/s1. The van der Waals surface area contributed by atoms with Crippen LogP contribution in [0.15, 0.2) is 34.1 Å². The van der Waals surface area contributed by atoms with Crippen LogP contribution in [0, 0.1) is 17.8 Å². The first-order valence-corrected chi connectivity index (χ1v) is 9.59. The number of rotatable bonds is 1. The Hall–Kier alpha value is -1.20. The average molecular weight is 331 g/mol. The number of H-pyrrole nitrogens is 1. The second kappa shape index (κ2) is 4.65. The van der Waals surface area contributed by atoms with E-state index in [-0.39, 0.29) is 4.87 Å². The maximum atomic E-state index is 11.9. The summed E-state index contributed by atoms with van der Waals surface area (Å²) in [5.74, 6) is 2.89. The van der Waals surface area contributed by atoms with E-state index in [1.165, 1.54) is 41.0 Å². The predicted molar refractivity (Wildman–Crippen MR) is 88.9 cm³/mol. The Morgan fingerprint density at radius 3 is 2.73 bits per heavy atom. The van der Waals surface area contributed by atoms with Crippen molar-refractivity contribution in [1.82, 2.24) is 4.98 Å². The summed E-state index contributed by atoms with van der Waals surface area (Å²) in [7, 11) is 0. The number of nitrogens with one attached hydrogen (secondary N) is 1. The molecule has 114 valence electrons. The first-order valence-electron chi connectivity index (χ1n) is 7.89. The van der Waals surface area contributed by atoms with Crippen LogP contribution in [0.2, 0.25) is 0 Å². The van der Waals surface area contributed by atoms with Crippen molar-refractivity contribution in [3.05, 3.63) is 44.4 Å². The summed E-state index contributed by atoms with van der Waals surface area (Å²) in [5, 5.41) is 11.3. The second-order valence-electron chi connectivity index (χ2n) is 6.77. The van der Waals surface area contributed by atoms with Crippen LogP contribution in [0.25, 0.3) is 0 Å². The first-order chi connectivity index (χ1) is 10.7. The zero-order valence-corrected chi connectivity index (χ0v) is 13.6. The second-order valence-corrected chi connectivity index (χ2v) is 8.97. The number of thioether (sulfide) groups is 1. The molecule has 2 heterocycles. The fraction of sp³-hybridized carbons (Fsp3) is 0.471. The molecule has 5 rings (SSSR count). The van der Waals surface area contributed by atoms with Crippen LogP contribution in [0.5, 0.6) is 5.75 Å². The van der Waals surface area contributed by atoms with Crippen LogP contribution in [0.1, 0.15) is 35.6 Å². The lowest BCUT2D eigenvalue weighted by molar-refractivity contribution is 0.307. The molecule has 22 heavy (non-hydrogen) atoms. The van der Waals surface area contributed by atoms with E-state index >= 15 is 0 Å². The highest BCUT2D eigenvalue weighted by atomic mass is 32.2. The molecule has 0 amide bonds. The third-order valence-corrected chi connectivity index (χ3v) is 8.34. The Balaban J connectivity index is 1.68. The van der Waals surface area contributed by atoms with Crippen LogP contribution >= 0.6 is 23.1 Å². The van der Waals surface area contributed by atoms with Crippen molar-refractivity contribution in [2.24, 2.45) is 17.8 Å². The van der Waals surface area contributed by atoms with E-state index in [9.17, 15) is 9.90 Å². The Kier molecular flexibility index (Phi) is 2.80. The highest BCUT2D eigenvalue weighted by molar-refractivity contribution is 8.00. The van der Waals surface area contributed by atoms with Crippen molar-refractivity contribution in [3.63, 3.8) is 0 Å². The van der Waals surface area contributed by atoms with Gasteiger partial charge in [0.2, 0.25) is 0 Å². The van der Waals surface area contributed by atoms with Crippen molar-refractivity contribution in [2.75, 3.05) is 0 Å². The third-order valence-electron chi connectivity index (χ3n) is 5.72. The van der Waals surface area contributed by atoms with E-state index in [0.29, 0.717) is 22.8 Å². The molecule has 0 spiro atoms. The minimum Gasteiger partial charge on any atom is -0.508 e. The molecule has 1 aromatic carbocycles. The summed E-state index contributed by atoms with van der Waals surface area (Å²) < 4.78 is 0. The van der Waals surface area contributed by atoms with Crippen molar-refractivity contribution in [2.45, 2.75) is 35.5 Å². The fourth-order valence-corrected chi connectivity index (χ4v) is 7.80. The fourth-order valence-electron chi connectivity index (χ4n) is 4.90. The van der Waals surface area contributed by atoms with Gasteiger partial charge in [0.15, 0.2) is 0 Å². The Morgan fingerprint density at radius 1 is 1.14 bits per heavy atom. The Bertz CT molecular complexity index is 779. The molecule has 3 aliphatic rings. The summed E-state index contributed by atoms with van der Waals surface area (Å²) in [6.07, 6.45) is 4.05. The number of aromatic nitrogens is 1. The number of phenols is 1. The van der Waals surface area contributed by atoms with Gasteiger partial charge in [0.05, 0.1) is 5.03 Å². The molecule has 1 aliphatic heterocycles. The molecule has 2 N–H and O–H groups in total. The van der Waals surface area contributed by atoms with Crippen molar-refractivity contribution < 1.29 is 5.11 Å². The van der Waals surface area contributed by atoms with Gasteiger partial charge in [-0.25, -0.2) is 0 Å². The van der Waals surface area contributed by atoms with Gasteiger partial charge in [-0.15, -0.1) is 11.8 Å². The molecule has 5 heteroatoms. The highest BCUT2D eigenvalue weighted by Gasteiger charge is 2.54.